The lowest BCUT2D eigenvalue weighted by atomic mass is 9.78. The van der Waals surface area contributed by atoms with Crippen molar-refractivity contribution in [3.8, 4) is 6.07 Å². The SMILES string of the molecule is CC(C)C[C@H](N[C@@H](c1ccc(B2OC(C)(C)C(C)(C)O2)cc1)c1cccs1)C(=O)NCC#N. The molecule has 0 aliphatic carbocycles. The van der Waals surface area contributed by atoms with Gasteiger partial charge in [0.25, 0.3) is 0 Å². The van der Waals surface area contributed by atoms with Crippen molar-refractivity contribution in [2.75, 3.05) is 6.54 Å². The van der Waals surface area contributed by atoms with Gasteiger partial charge in [-0.25, -0.2) is 0 Å². The number of carbonyl (C=O) groups is 1. The Hall–Kier alpha value is -2.18. The highest BCUT2D eigenvalue weighted by molar-refractivity contribution is 7.10. The molecule has 0 bridgehead atoms. The van der Waals surface area contributed by atoms with Crippen molar-refractivity contribution >= 4 is 29.8 Å². The molecule has 0 radical (unpaired) electrons. The molecular formula is C25H34BN3O3S. The third-order valence-corrected chi connectivity index (χ3v) is 7.29. The minimum absolute atomic E-state index is 0.00155. The van der Waals surface area contributed by atoms with E-state index in [1.807, 2.05) is 57.3 Å². The van der Waals surface area contributed by atoms with Crippen molar-refractivity contribution < 1.29 is 14.1 Å². The van der Waals surface area contributed by atoms with Gasteiger partial charge in [-0.3, -0.25) is 10.1 Å². The monoisotopic (exact) mass is 467 g/mol. The second kappa shape index (κ2) is 10.4. The lowest BCUT2D eigenvalue weighted by Gasteiger charge is -2.32. The number of nitriles is 1. The van der Waals surface area contributed by atoms with Crippen LogP contribution >= 0.6 is 11.3 Å². The van der Waals surface area contributed by atoms with E-state index in [1.165, 1.54) is 0 Å². The van der Waals surface area contributed by atoms with Crippen molar-refractivity contribution in [2.24, 2.45) is 5.92 Å². The van der Waals surface area contributed by atoms with Gasteiger partial charge < -0.3 is 14.6 Å². The van der Waals surface area contributed by atoms with Crippen LogP contribution in [0.4, 0.5) is 0 Å². The topological polar surface area (TPSA) is 83.4 Å². The zero-order valence-corrected chi connectivity index (χ0v) is 21.2. The quantitative estimate of drug-likeness (QED) is 0.433. The van der Waals surface area contributed by atoms with Crippen LogP contribution in [0.1, 0.15) is 64.4 Å². The lowest BCUT2D eigenvalue weighted by Crippen LogP contribution is -2.46. The third kappa shape index (κ3) is 6.04. The molecule has 6 nitrogen and oxygen atoms in total. The molecule has 0 saturated carbocycles. The van der Waals surface area contributed by atoms with E-state index in [0.29, 0.717) is 12.3 Å². The molecule has 2 atom stereocenters. The van der Waals surface area contributed by atoms with Gasteiger partial charge in [-0.05, 0) is 62.5 Å². The lowest BCUT2D eigenvalue weighted by molar-refractivity contribution is -0.123. The molecule has 2 aromatic rings. The standard InChI is InChI=1S/C25H34BN3O3S/c1-17(2)16-20(23(30)28-14-13-27)29-22(21-8-7-15-33-21)18-9-11-19(12-10-18)26-31-24(3,4)25(5,6)32-26/h7-12,15,17,20,22,29H,14,16H2,1-6H3,(H,28,30)/t20-,22-/m0/s1. The first kappa shape index (κ1) is 25.4. The number of benzene rings is 1. The fraction of sp³-hybridized carbons (Fsp3) is 0.520. The second-order valence-electron chi connectivity index (χ2n) is 9.93. The van der Waals surface area contributed by atoms with E-state index in [-0.39, 0.29) is 18.5 Å². The van der Waals surface area contributed by atoms with Crippen molar-refractivity contribution in [1.82, 2.24) is 10.6 Å². The molecule has 0 spiro atoms. The fourth-order valence-electron chi connectivity index (χ4n) is 3.80. The molecule has 2 N–H and O–H groups in total. The number of thiophene rings is 1. The Morgan fingerprint density at radius 2 is 1.76 bits per heavy atom. The van der Waals surface area contributed by atoms with E-state index in [9.17, 15) is 4.79 Å². The predicted molar refractivity (Wildman–Crippen MR) is 133 cm³/mol. The summed E-state index contributed by atoms with van der Waals surface area (Å²) in [6.07, 6.45) is 0.672. The highest BCUT2D eigenvalue weighted by atomic mass is 32.1. The second-order valence-corrected chi connectivity index (χ2v) is 10.9. The van der Waals surface area contributed by atoms with Crippen LogP contribution < -0.4 is 16.1 Å². The predicted octanol–water partition coefficient (Wildman–Crippen LogP) is 3.78. The summed E-state index contributed by atoms with van der Waals surface area (Å²) in [4.78, 5) is 13.9. The Morgan fingerprint density at radius 3 is 2.27 bits per heavy atom. The Labute approximate surface area is 201 Å². The molecule has 33 heavy (non-hydrogen) atoms. The summed E-state index contributed by atoms with van der Waals surface area (Å²) in [7, 11) is -0.414. The Bertz CT molecular complexity index is 952. The molecule has 0 unspecified atom stereocenters. The molecule has 2 heterocycles. The Kier molecular flexibility index (Phi) is 8.02. The number of nitrogens with one attached hydrogen (secondary N) is 2. The van der Waals surface area contributed by atoms with Gasteiger partial charge in [0.2, 0.25) is 5.91 Å². The minimum atomic E-state index is -0.414. The third-order valence-electron chi connectivity index (χ3n) is 6.36. The molecule has 1 amide bonds. The molecule has 1 aromatic carbocycles. The Balaban J connectivity index is 1.84. The number of hydrogen-bond acceptors (Lipinski definition) is 6. The van der Waals surface area contributed by atoms with E-state index in [1.54, 1.807) is 11.3 Å². The molecule has 1 aliphatic heterocycles. The fourth-order valence-corrected chi connectivity index (χ4v) is 4.61. The van der Waals surface area contributed by atoms with Crippen molar-refractivity contribution in [1.29, 1.82) is 5.26 Å². The molecule has 8 heteroatoms. The molecule has 3 rings (SSSR count). The van der Waals surface area contributed by atoms with Crippen molar-refractivity contribution in [3.05, 3.63) is 52.2 Å². The number of rotatable bonds is 9. The van der Waals surface area contributed by atoms with E-state index in [4.69, 9.17) is 14.6 Å². The summed E-state index contributed by atoms with van der Waals surface area (Å²) in [5.41, 5.74) is 1.24. The van der Waals surface area contributed by atoms with Gasteiger partial charge in [-0.15, -0.1) is 11.3 Å². The van der Waals surface area contributed by atoms with Gasteiger partial charge in [-0.1, -0.05) is 44.2 Å². The summed E-state index contributed by atoms with van der Waals surface area (Å²) < 4.78 is 12.4. The van der Waals surface area contributed by atoms with Crippen LogP contribution in [0.3, 0.4) is 0 Å². The smallest absolute Gasteiger partial charge is 0.399 e. The van der Waals surface area contributed by atoms with E-state index in [0.717, 1.165) is 15.9 Å². The van der Waals surface area contributed by atoms with Crippen LogP contribution in [0.25, 0.3) is 0 Å². The van der Waals surface area contributed by atoms with E-state index >= 15 is 0 Å². The average molecular weight is 467 g/mol. The van der Waals surface area contributed by atoms with Gasteiger partial charge in [0.1, 0.15) is 6.54 Å². The number of nitrogens with zero attached hydrogens (tertiary/aromatic N) is 1. The average Bonchev–Trinajstić information content (AvgIpc) is 3.35. The van der Waals surface area contributed by atoms with Crippen LogP contribution in [0.2, 0.25) is 0 Å². The van der Waals surface area contributed by atoms with E-state index in [2.05, 4.69) is 42.7 Å². The molecular weight excluding hydrogens is 433 g/mol. The maximum Gasteiger partial charge on any atom is 0.494 e. The highest BCUT2D eigenvalue weighted by Crippen LogP contribution is 2.36. The van der Waals surface area contributed by atoms with Crippen LogP contribution in [-0.2, 0) is 14.1 Å². The maximum atomic E-state index is 12.8. The molecule has 1 fully saturated rings. The van der Waals surface area contributed by atoms with Gasteiger partial charge in [0.15, 0.2) is 0 Å². The number of hydrogen-bond donors (Lipinski definition) is 2. The first-order valence-corrected chi connectivity index (χ1v) is 12.3. The van der Waals surface area contributed by atoms with Crippen molar-refractivity contribution in [3.63, 3.8) is 0 Å². The minimum Gasteiger partial charge on any atom is -0.399 e. The first-order valence-electron chi connectivity index (χ1n) is 11.4. The summed E-state index contributed by atoms with van der Waals surface area (Å²) in [6.45, 7) is 12.4. The van der Waals surface area contributed by atoms with Crippen molar-refractivity contribution in [2.45, 2.75) is 71.2 Å². The van der Waals surface area contributed by atoms with Gasteiger partial charge >= 0.3 is 7.12 Å². The summed E-state index contributed by atoms with van der Waals surface area (Å²) >= 11 is 1.65. The normalized spacial score (nSPS) is 18.7. The molecule has 176 valence electrons. The summed E-state index contributed by atoms with van der Waals surface area (Å²) in [5, 5.41) is 17.2. The zero-order valence-electron chi connectivity index (χ0n) is 20.3. The zero-order chi connectivity index (χ0) is 24.2. The Morgan fingerprint density at radius 1 is 1.12 bits per heavy atom. The summed E-state index contributed by atoms with van der Waals surface area (Å²) in [6, 6.07) is 13.7. The maximum absolute atomic E-state index is 12.8. The summed E-state index contributed by atoms with van der Waals surface area (Å²) in [5.74, 6) is 0.172. The molecule has 1 saturated heterocycles. The van der Waals surface area contributed by atoms with Crippen LogP contribution in [0.5, 0.6) is 0 Å². The van der Waals surface area contributed by atoms with E-state index < -0.39 is 24.4 Å². The van der Waals surface area contributed by atoms with Gasteiger partial charge in [0, 0.05) is 4.88 Å². The van der Waals surface area contributed by atoms with Crippen LogP contribution in [-0.4, -0.2) is 36.8 Å². The number of amides is 1. The first-order chi connectivity index (χ1) is 15.5. The highest BCUT2D eigenvalue weighted by Gasteiger charge is 2.51. The van der Waals surface area contributed by atoms with Crippen LogP contribution in [0, 0.1) is 17.2 Å². The number of carbonyl (C=O) groups excluding carboxylic acids is 1. The van der Waals surface area contributed by atoms with Gasteiger partial charge in [0.05, 0.1) is 29.4 Å². The molecule has 1 aliphatic rings. The largest absolute Gasteiger partial charge is 0.494 e. The van der Waals surface area contributed by atoms with Gasteiger partial charge in [-0.2, -0.15) is 5.26 Å². The molecule has 1 aromatic heterocycles. The van der Waals surface area contributed by atoms with Crippen LogP contribution in [0.15, 0.2) is 41.8 Å².